The maximum Gasteiger partial charge on any atom is 0.422 e. The molecule has 10 nitrogen and oxygen atoms in total. The van der Waals surface area contributed by atoms with Crippen molar-refractivity contribution in [3.05, 3.63) is 106 Å². The van der Waals surface area contributed by atoms with E-state index in [0.29, 0.717) is 49.9 Å². The molecule has 3 heterocycles. The van der Waals surface area contributed by atoms with E-state index in [9.17, 15) is 26.4 Å². The minimum absolute atomic E-state index is 0.0147. The van der Waals surface area contributed by atoms with E-state index in [4.69, 9.17) is 32.7 Å². The van der Waals surface area contributed by atoms with Crippen molar-refractivity contribution in [1.82, 2.24) is 19.4 Å². The number of aryl methyl sites for hydroxylation is 1. The maximum absolute atomic E-state index is 13.6. The first-order valence-electron chi connectivity index (χ1n) is 15.7. The van der Waals surface area contributed by atoms with Crippen LogP contribution in [-0.4, -0.2) is 79.7 Å². The Bertz CT molecular complexity index is 2160. The lowest BCUT2D eigenvalue weighted by Crippen LogP contribution is -2.48. The van der Waals surface area contributed by atoms with Crippen molar-refractivity contribution in [1.29, 1.82) is 0 Å². The normalized spacial score (nSPS) is 14.1. The molecule has 16 heteroatoms. The molecule has 1 amide bonds. The number of fused-ring (bicyclic) bond motifs is 1. The minimum atomic E-state index is -4.39. The van der Waals surface area contributed by atoms with Crippen molar-refractivity contribution in [2.45, 2.75) is 17.6 Å². The molecule has 51 heavy (non-hydrogen) atoms. The van der Waals surface area contributed by atoms with Crippen LogP contribution in [0.15, 0.2) is 90.0 Å². The number of benzene rings is 3. The van der Waals surface area contributed by atoms with E-state index in [1.54, 1.807) is 41.3 Å². The fourth-order valence-electron chi connectivity index (χ4n) is 5.66. The zero-order valence-electron chi connectivity index (χ0n) is 27.4. The van der Waals surface area contributed by atoms with Crippen molar-refractivity contribution in [3.8, 4) is 17.4 Å². The molecule has 1 saturated heterocycles. The number of nitrogens with zero attached hydrogens (tertiary/aromatic N) is 5. The molecule has 1 aliphatic heterocycles. The molecule has 3 aromatic carbocycles. The van der Waals surface area contributed by atoms with Crippen LogP contribution in [0, 0.1) is 0 Å². The SMILES string of the molecule is CN(c1ccc(Oc2ccc3c(c2)cc(C(=O)N2CCN(Cc4ccc(OCC(F)(F)F)cc4)CC2)n3C)nc1)S(=O)(=O)c1ccc(Cl)c(Cl)c1. The molecule has 6 rings (SSSR count). The lowest BCUT2D eigenvalue weighted by atomic mass is 10.2. The Labute approximate surface area is 302 Å². The molecule has 0 saturated carbocycles. The number of pyridine rings is 1. The second kappa shape index (κ2) is 14.6. The highest BCUT2D eigenvalue weighted by atomic mass is 35.5. The summed E-state index contributed by atoms with van der Waals surface area (Å²) in [6, 6.07) is 21.0. The van der Waals surface area contributed by atoms with E-state index < -0.39 is 22.8 Å². The van der Waals surface area contributed by atoms with E-state index in [-0.39, 0.29) is 32.5 Å². The zero-order chi connectivity index (χ0) is 36.5. The van der Waals surface area contributed by atoms with Crippen molar-refractivity contribution < 1.29 is 35.9 Å². The summed E-state index contributed by atoms with van der Waals surface area (Å²) in [5.41, 5.74) is 2.61. The quantitative estimate of drug-likeness (QED) is 0.146. The number of ether oxygens (including phenoxy) is 2. The Morgan fingerprint density at radius 1 is 0.902 bits per heavy atom. The monoisotopic (exact) mass is 761 g/mol. The van der Waals surface area contributed by atoms with E-state index in [2.05, 4.69) is 9.88 Å². The van der Waals surface area contributed by atoms with Crippen LogP contribution in [0.2, 0.25) is 10.0 Å². The third-order valence-corrected chi connectivity index (χ3v) is 11.0. The number of hydrogen-bond donors (Lipinski definition) is 0. The van der Waals surface area contributed by atoms with Gasteiger partial charge in [0, 0.05) is 63.8 Å². The van der Waals surface area contributed by atoms with Gasteiger partial charge in [0.05, 0.1) is 26.8 Å². The average Bonchev–Trinajstić information content (AvgIpc) is 3.44. The highest BCUT2D eigenvalue weighted by Crippen LogP contribution is 2.31. The second-order valence-corrected chi connectivity index (χ2v) is 14.7. The highest BCUT2D eigenvalue weighted by molar-refractivity contribution is 7.92. The van der Waals surface area contributed by atoms with Crippen LogP contribution in [0.3, 0.4) is 0 Å². The van der Waals surface area contributed by atoms with E-state index >= 15 is 0 Å². The predicted molar refractivity (Wildman–Crippen MR) is 188 cm³/mol. The molecule has 2 aromatic heterocycles. The number of aromatic nitrogens is 2. The van der Waals surface area contributed by atoms with Crippen LogP contribution >= 0.6 is 23.2 Å². The molecule has 0 unspecified atom stereocenters. The first-order valence-corrected chi connectivity index (χ1v) is 17.8. The summed E-state index contributed by atoms with van der Waals surface area (Å²) in [6.45, 7) is 1.59. The summed E-state index contributed by atoms with van der Waals surface area (Å²) in [4.78, 5) is 21.8. The average molecular weight is 763 g/mol. The molecule has 0 aliphatic carbocycles. The largest absolute Gasteiger partial charge is 0.484 e. The van der Waals surface area contributed by atoms with Gasteiger partial charge in [-0.15, -0.1) is 0 Å². The molecule has 5 aromatic rings. The molecular weight excluding hydrogens is 730 g/mol. The molecule has 0 atom stereocenters. The Kier molecular flexibility index (Phi) is 10.4. The fraction of sp³-hybridized carbons (Fsp3) is 0.257. The lowest BCUT2D eigenvalue weighted by molar-refractivity contribution is -0.153. The molecule has 0 radical (unpaired) electrons. The maximum atomic E-state index is 13.6. The van der Waals surface area contributed by atoms with Gasteiger partial charge in [0.25, 0.3) is 15.9 Å². The van der Waals surface area contributed by atoms with Gasteiger partial charge in [-0.1, -0.05) is 35.3 Å². The van der Waals surface area contributed by atoms with Crippen LogP contribution in [-0.2, 0) is 23.6 Å². The number of rotatable bonds is 10. The fourth-order valence-corrected chi connectivity index (χ4v) is 7.23. The van der Waals surface area contributed by atoms with E-state index in [1.165, 1.54) is 43.6 Å². The van der Waals surface area contributed by atoms with Crippen LogP contribution < -0.4 is 13.8 Å². The van der Waals surface area contributed by atoms with Crippen molar-refractivity contribution >= 4 is 55.7 Å². The Morgan fingerprint density at radius 3 is 2.25 bits per heavy atom. The highest BCUT2D eigenvalue weighted by Gasteiger charge is 2.29. The van der Waals surface area contributed by atoms with Gasteiger partial charge in [-0.3, -0.25) is 14.0 Å². The summed E-state index contributed by atoms with van der Waals surface area (Å²) >= 11 is 12.0. The van der Waals surface area contributed by atoms with Gasteiger partial charge in [-0.25, -0.2) is 13.4 Å². The standard InChI is InChI=1S/C35H32Cl2F3N5O5S/c1-42-31-11-8-27(50-33-12-5-25(20-41-33)43(2)51(47,48)28-9-10-29(36)30(37)19-28)17-24(31)18-32(42)34(46)45-15-13-44(14-16-45)21-23-3-6-26(7-4-23)49-22-35(38,39)40/h3-12,17-20H,13-16,21-22H2,1-2H3. The number of anilines is 1. The van der Waals surface area contributed by atoms with Crippen molar-refractivity contribution in [2.24, 2.45) is 7.05 Å². The van der Waals surface area contributed by atoms with Gasteiger partial charge in [-0.2, -0.15) is 13.2 Å². The Hall–Kier alpha value is -4.50. The first kappa shape index (κ1) is 36.3. The van der Waals surface area contributed by atoms with Crippen LogP contribution in [0.25, 0.3) is 10.9 Å². The molecule has 0 spiro atoms. The number of halogens is 5. The molecule has 0 bridgehead atoms. The van der Waals surface area contributed by atoms with Gasteiger partial charge < -0.3 is 18.9 Å². The molecule has 0 N–H and O–H groups in total. The number of amides is 1. The predicted octanol–water partition coefficient (Wildman–Crippen LogP) is 7.40. The number of alkyl halides is 3. The van der Waals surface area contributed by atoms with Gasteiger partial charge >= 0.3 is 6.18 Å². The van der Waals surface area contributed by atoms with Gasteiger partial charge in [0.15, 0.2) is 6.61 Å². The van der Waals surface area contributed by atoms with Crippen LogP contribution in [0.4, 0.5) is 18.9 Å². The number of carbonyl (C=O) groups excluding carboxylic acids is 1. The Morgan fingerprint density at radius 2 is 1.61 bits per heavy atom. The summed E-state index contributed by atoms with van der Waals surface area (Å²) < 4.78 is 77.1. The van der Waals surface area contributed by atoms with Crippen molar-refractivity contribution in [3.63, 3.8) is 0 Å². The van der Waals surface area contributed by atoms with Crippen LogP contribution in [0.1, 0.15) is 16.1 Å². The minimum Gasteiger partial charge on any atom is -0.484 e. The topological polar surface area (TPSA) is 97.2 Å². The van der Waals surface area contributed by atoms with Gasteiger partial charge in [0.1, 0.15) is 17.2 Å². The third kappa shape index (κ3) is 8.36. The number of carbonyl (C=O) groups is 1. The molecule has 1 aliphatic rings. The number of piperazine rings is 1. The number of hydrogen-bond acceptors (Lipinski definition) is 7. The zero-order valence-corrected chi connectivity index (χ0v) is 29.7. The molecular formula is C35H32Cl2F3N5O5S. The summed E-state index contributed by atoms with van der Waals surface area (Å²) in [6.07, 6.45) is -3.01. The van der Waals surface area contributed by atoms with Gasteiger partial charge in [0.2, 0.25) is 5.88 Å². The Balaban J connectivity index is 1.06. The van der Waals surface area contributed by atoms with E-state index in [1.807, 2.05) is 23.7 Å². The molecule has 1 fully saturated rings. The lowest BCUT2D eigenvalue weighted by Gasteiger charge is -2.34. The first-order chi connectivity index (χ1) is 24.2. The summed E-state index contributed by atoms with van der Waals surface area (Å²) in [5.74, 6) is 0.790. The van der Waals surface area contributed by atoms with Gasteiger partial charge in [-0.05, 0) is 66.2 Å². The second-order valence-electron chi connectivity index (χ2n) is 11.9. The smallest absolute Gasteiger partial charge is 0.422 e. The van der Waals surface area contributed by atoms with E-state index in [0.717, 1.165) is 20.8 Å². The summed E-state index contributed by atoms with van der Waals surface area (Å²) in [5, 5.41) is 1.17. The number of sulfonamides is 1. The third-order valence-electron chi connectivity index (χ3n) is 8.48. The summed E-state index contributed by atoms with van der Waals surface area (Å²) in [7, 11) is -0.687. The molecule has 268 valence electrons. The van der Waals surface area contributed by atoms with Crippen molar-refractivity contribution in [2.75, 3.05) is 44.1 Å². The van der Waals surface area contributed by atoms with Crippen LogP contribution in [0.5, 0.6) is 17.4 Å².